The van der Waals surface area contributed by atoms with Gasteiger partial charge in [0.25, 0.3) is 5.56 Å². The molecule has 0 spiro atoms. The van der Waals surface area contributed by atoms with Gasteiger partial charge >= 0.3 is 0 Å². The fourth-order valence-corrected chi connectivity index (χ4v) is 3.98. The zero-order chi connectivity index (χ0) is 19.7. The third kappa shape index (κ3) is 2.96. The number of hydrogen-bond acceptors (Lipinski definition) is 6. The van der Waals surface area contributed by atoms with E-state index in [4.69, 9.17) is 10.7 Å². The van der Waals surface area contributed by atoms with Crippen LogP contribution in [-0.4, -0.2) is 38.2 Å². The van der Waals surface area contributed by atoms with Crippen LogP contribution in [0.5, 0.6) is 0 Å². The molecule has 8 heteroatoms. The SMILES string of the molecule is C/C=C\C(=NC)c1nc2sccn2c1-c1ccc2ncn(CCN)c(=O)c2c1. The Hall–Kier alpha value is -3.10. The van der Waals surface area contributed by atoms with E-state index in [0.717, 1.165) is 27.6 Å². The highest BCUT2D eigenvalue weighted by atomic mass is 32.1. The van der Waals surface area contributed by atoms with Crippen molar-refractivity contribution in [1.29, 1.82) is 0 Å². The van der Waals surface area contributed by atoms with Gasteiger partial charge in [-0.2, -0.15) is 0 Å². The number of fused-ring (bicyclic) bond motifs is 2. The van der Waals surface area contributed by atoms with Gasteiger partial charge in [0.1, 0.15) is 5.69 Å². The van der Waals surface area contributed by atoms with Crippen molar-refractivity contribution in [3.63, 3.8) is 0 Å². The van der Waals surface area contributed by atoms with Crippen LogP contribution in [0, 0.1) is 0 Å². The number of aliphatic imine (C=N–C) groups is 1. The van der Waals surface area contributed by atoms with Crippen molar-refractivity contribution in [3.8, 4) is 11.3 Å². The first-order valence-electron chi connectivity index (χ1n) is 8.93. The average molecular weight is 392 g/mol. The molecule has 0 unspecified atom stereocenters. The number of nitrogens with zero attached hydrogens (tertiary/aromatic N) is 5. The molecule has 0 aliphatic rings. The number of nitrogens with two attached hydrogens (primary N) is 1. The fraction of sp³-hybridized carbons (Fsp3) is 0.200. The summed E-state index contributed by atoms with van der Waals surface area (Å²) >= 11 is 1.56. The first-order chi connectivity index (χ1) is 13.7. The van der Waals surface area contributed by atoms with Gasteiger partial charge in [-0.15, -0.1) is 11.3 Å². The molecule has 0 fully saturated rings. The maximum atomic E-state index is 12.8. The number of allylic oxidation sites excluding steroid dienone is 2. The maximum Gasteiger partial charge on any atom is 0.261 e. The van der Waals surface area contributed by atoms with E-state index in [2.05, 4.69) is 9.98 Å². The summed E-state index contributed by atoms with van der Waals surface area (Å²) in [6.45, 7) is 2.77. The van der Waals surface area contributed by atoms with Crippen LogP contribution in [0.3, 0.4) is 0 Å². The molecule has 0 aliphatic heterocycles. The van der Waals surface area contributed by atoms with Crippen molar-refractivity contribution in [2.24, 2.45) is 10.7 Å². The number of rotatable bonds is 5. The van der Waals surface area contributed by atoms with Crippen LogP contribution in [0.15, 0.2) is 58.0 Å². The average Bonchev–Trinajstić information content (AvgIpc) is 3.29. The van der Waals surface area contributed by atoms with E-state index in [1.54, 1.807) is 29.3 Å². The summed E-state index contributed by atoms with van der Waals surface area (Å²) in [5.41, 5.74) is 9.56. The molecule has 0 aliphatic carbocycles. The van der Waals surface area contributed by atoms with E-state index < -0.39 is 0 Å². The van der Waals surface area contributed by atoms with Gasteiger partial charge in [0, 0.05) is 37.3 Å². The molecule has 4 rings (SSSR count). The second kappa shape index (κ2) is 7.49. The molecular weight excluding hydrogens is 372 g/mol. The molecule has 0 radical (unpaired) electrons. The topological polar surface area (TPSA) is 90.6 Å². The summed E-state index contributed by atoms with van der Waals surface area (Å²) < 4.78 is 3.58. The molecule has 0 saturated carbocycles. The standard InChI is InChI=1S/C20H20N6OS/c1-3-4-16(22-2)17-18(26-9-10-28-20(26)24-17)13-5-6-15-14(11-13)19(27)25(8-7-21)12-23-15/h3-6,9-12H,7-8,21H2,1-2H3/b4-3-,22-16?. The predicted octanol–water partition coefficient (Wildman–Crippen LogP) is 2.73. The third-order valence-corrected chi connectivity index (χ3v) is 5.29. The minimum Gasteiger partial charge on any atom is -0.329 e. The molecule has 4 aromatic rings. The Morgan fingerprint density at radius 2 is 2.25 bits per heavy atom. The summed E-state index contributed by atoms with van der Waals surface area (Å²) in [7, 11) is 1.75. The highest BCUT2D eigenvalue weighted by Crippen LogP contribution is 2.29. The van der Waals surface area contributed by atoms with Crippen LogP contribution in [0.25, 0.3) is 27.1 Å². The molecule has 28 heavy (non-hydrogen) atoms. The van der Waals surface area contributed by atoms with Crippen LogP contribution in [0.2, 0.25) is 0 Å². The smallest absolute Gasteiger partial charge is 0.261 e. The van der Waals surface area contributed by atoms with Gasteiger partial charge in [0.05, 0.1) is 28.6 Å². The number of benzene rings is 1. The lowest BCUT2D eigenvalue weighted by atomic mass is 10.0. The van der Waals surface area contributed by atoms with Crippen LogP contribution in [-0.2, 0) is 6.54 Å². The number of imidazole rings is 1. The molecule has 1 aromatic carbocycles. The molecule has 3 heterocycles. The Bertz CT molecular complexity index is 1280. The van der Waals surface area contributed by atoms with Crippen LogP contribution >= 0.6 is 11.3 Å². The van der Waals surface area contributed by atoms with Crippen molar-refractivity contribution in [3.05, 3.63) is 64.3 Å². The van der Waals surface area contributed by atoms with E-state index in [9.17, 15) is 4.79 Å². The molecule has 0 saturated heterocycles. The van der Waals surface area contributed by atoms with Gasteiger partial charge < -0.3 is 5.73 Å². The van der Waals surface area contributed by atoms with Crippen molar-refractivity contribution in [1.82, 2.24) is 18.9 Å². The number of hydrogen-bond donors (Lipinski definition) is 1. The lowest BCUT2D eigenvalue weighted by Crippen LogP contribution is -2.24. The molecule has 142 valence electrons. The molecule has 0 atom stereocenters. The highest BCUT2D eigenvalue weighted by molar-refractivity contribution is 7.15. The van der Waals surface area contributed by atoms with Gasteiger partial charge in [-0.1, -0.05) is 12.1 Å². The van der Waals surface area contributed by atoms with Crippen molar-refractivity contribution in [2.45, 2.75) is 13.5 Å². The second-order valence-electron chi connectivity index (χ2n) is 6.24. The van der Waals surface area contributed by atoms with Crippen molar-refractivity contribution >= 4 is 32.9 Å². The summed E-state index contributed by atoms with van der Waals surface area (Å²) in [6, 6.07) is 5.72. The molecule has 3 aromatic heterocycles. The first-order valence-corrected chi connectivity index (χ1v) is 9.81. The third-order valence-electron chi connectivity index (χ3n) is 4.54. The molecular formula is C20H20N6OS. The fourth-order valence-electron chi connectivity index (χ4n) is 3.26. The zero-order valence-corrected chi connectivity index (χ0v) is 16.5. The van der Waals surface area contributed by atoms with Crippen molar-refractivity contribution < 1.29 is 0 Å². The second-order valence-corrected chi connectivity index (χ2v) is 7.11. The predicted molar refractivity (Wildman–Crippen MR) is 114 cm³/mol. The minimum absolute atomic E-state index is 0.0947. The Kier molecular flexibility index (Phi) is 4.89. The van der Waals surface area contributed by atoms with Crippen LogP contribution in [0.4, 0.5) is 0 Å². The normalized spacial score (nSPS) is 12.6. The quantitative estimate of drug-likeness (QED) is 0.529. The molecule has 7 nitrogen and oxygen atoms in total. The van der Waals surface area contributed by atoms with E-state index >= 15 is 0 Å². The van der Waals surface area contributed by atoms with Gasteiger partial charge in [-0.05, 0) is 25.1 Å². The first kappa shape index (κ1) is 18.3. The zero-order valence-electron chi connectivity index (χ0n) is 15.7. The monoisotopic (exact) mass is 392 g/mol. The number of aromatic nitrogens is 4. The van der Waals surface area contributed by atoms with Crippen LogP contribution < -0.4 is 11.3 Å². The lowest BCUT2D eigenvalue weighted by molar-refractivity contribution is 0.673. The minimum atomic E-state index is -0.0947. The van der Waals surface area contributed by atoms with E-state index in [-0.39, 0.29) is 5.56 Å². The Morgan fingerprint density at radius 3 is 3.00 bits per heavy atom. The maximum absolute atomic E-state index is 12.8. The van der Waals surface area contributed by atoms with Gasteiger partial charge in [0.15, 0.2) is 4.96 Å². The summed E-state index contributed by atoms with van der Waals surface area (Å²) in [6.07, 6.45) is 7.41. The molecule has 2 N–H and O–H groups in total. The Balaban J connectivity index is 1.99. The lowest BCUT2D eigenvalue weighted by Gasteiger charge is -2.08. The molecule has 0 bridgehead atoms. The van der Waals surface area contributed by atoms with E-state index in [1.807, 2.05) is 53.3 Å². The van der Waals surface area contributed by atoms with Gasteiger partial charge in [-0.25, -0.2) is 9.97 Å². The summed E-state index contributed by atoms with van der Waals surface area (Å²) in [5, 5.41) is 2.55. The van der Waals surface area contributed by atoms with Crippen LogP contribution in [0.1, 0.15) is 12.6 Å². The van der Waals surface area contributed by atoms with Gasteiger partial charge in [-0.3, -0.25) is 18.8 Å². The summed E-state index contributed by atoms with van der Waals surface area (Å²) in [5.74, 6) is 0. The Labute approximate surface area is 165 Å². The largest absolute Gasteiger partial charge is 0.329 e. The highest BCUT2D eigenvalue weighted by Gasteiger charge is 2.19. The van der Waals surface area contributed by atoms with Gasteiger partial charge in [0.2, 0.25) is 0 Å². The molecule has 0 amide bonds. The number of thiazole rings is 1. The summed E-state index contributed by atoms with van der Waals surface area (Å²) in [4.78, 5) is 27.3. The van der Waals surface area contributed by atoms with Crippen molar-refractivity contribution in [2.75, 3.05) is 13.6 Å². The van der Waals surface area contributed by atoms with E-state index in [1.165, 1.54) is 0 Å². The Morgan fingerprint density at radius 1 is 1.39 bits per heavy atom. The van der Waals surface area contributed by atoms with E-state index in [0.29, 0.717) is 24.0 Å².